The van der Waals surface area contributed by atoms with Gasteiger partial charge in [-0.05, 0) is 68.1 Å². The van der Waals surface area contributed by atoms with Crippen LogP contribution in [0.1, 0.15) is 78.2 Å². The minimum Gasteiger partial charge on any atom is -0.480 e. The second-order valence-electron chi connectivity index (χ2n) is 15.8. The van der Waals surface area contributed by atoms with Crippen LogP contribution in [0.4, 0.5) is 4.39 Å². The number of nitrogens with one attached hydrogen (secondary N) is 5. The van der Waals surface area contributed by atoms with E-state index in [0.717, 1.165) is 11.0 Å². The summed E-state index contributed by atoms with van der Waals surface area (Å²) in [5, 5.41) is 31.8. The number of carbonyl (C=O) groups is 8. The van der Waals surface area contributed by atoms with Crippen LogP contribution in [0, 0.1) is 17.7 Å². The molecule has 22 heteroatoms. The minimum atomic E-state index is -1.57. The molecule has 61 heavy (non-hydrogen) atoms. The molecule has 2 rings (SSSR count). The molecule has 0 radical (unpaired) electrons. The zero-order valence-corrected chi connectivity index (χ0v) is 35.0. The van der Waals surface area contributed by atoms with Gasteiger partial charge in [0.05, 0.1) is 13.0 Å². The quantitative estimate of drug-likeness (QED) is 0.0269. The third-order valence-corrected chi connectivity index (χ3v) is 9.59. The van der Waals surface area contributed by atoms with Crippen LogP contribution in [-0.2, 0) is 44.8 Å². The Labute approximate surface area is 353 Å². The van der Waals surface area contributed by atoms with Gasteiger partial charge in [-0.1, -0.05) is 39.8 Å². The molecule has 0 bridgehead atoms. The van der Waals surface area contributed by atoms with Gasteiger partial charge in [0, 0.05) is 19.5 Å². The van der Waals surface area contributed by atoms with Crippen LogP contribution >= 0.6 is 0 Å². The van der Waals surface area contributed by atoms with E-state index in [1.54, 1.807) is 27.7 Å². The fraction of sp³-hybridized carbons (Fsp3) is 0.615. The molecule has 21 nitrogen and oxygen atoms in total. The van der Waals surface area contributed by atoms with E-state index in [4.69, 9.17) is 22.9 Å². The number of carboxylic acid groups (broad SMARTS) is 1. The van der Waals surface area contributed by atoms with Crippen molar-refractivity contribution in [3.05, 3.63) is 35.6 Å². The molecular formula is C39H62FN11O10. The van der Waals surface area contributed by atoms with Gasteiger partial charge >= 0.3 is 5.97 Å². The Bertz CT molecular complexity index is 1740. The summed E-state index contributed by atoms with van der Waals surface area (Å²) in [6, 6.07) is -4.14. The first-order chi connectivity index (χ1) is 28.6. The zero-order chi connectivity index (χ0) is 46.0. The predicted octanol–water partition coefficient (Wildman–Crippen LogP) is -2.79. The topological polar surface area (TPSA) is 357 Å². The number of benzene rings is 1. The molecule has 0 unspecified atom stereocenters. The number of likely N-dealkylation sites (tertiary alicyclic amines) is 1. The molecule has 1 aromatic rings. The van der Waals surface area contributed by atoms with Crippen molar-refractivity contribution in [3.63, 3.8) is 0 Å². The number of hydrogen-bond donors (Lipinski definition) is 11. The van der Waals surface area contributed by atoms with Crippen LogP contribution in [0.25, 0.3) is 0 Å². The molecule has 7 amide bonds. The Morgan fingerprint density at radius 2 is 1.33 bits per heavy atom. The SMILES string of the molecule is CC(C)C[C@H](NC(=O)[C@H](CC(C)C)NC(=O)[C@H](Cc1cccc(F)c1)NC(=O)[C@@H](N)CO)C(=O)N[C@@H](CCCN=C(N)N)C(=O)N[C@@H](CC(N)=O)C(=O)N1CCC[C@H]1C(=O)O. The number of carboxylic acids is 1. The van der Waals surface area contributed by atoms with Gasteiger partial charge in [0.2, 0.25) is 41.4 Å². The Morgan fingerprint density at radius 1 is 0.803 bits per heavy atom. The highest BCUT2D eigenvalue weighted by Gasteiger charge is 2.39. The lowest BCUT2D eigenvalue weighted by atomic mass is 9.98. The Kier molecular flexibility index (Phi) is 21.0. The van der Waals surface area contributed by atoms with Crippen molar-refractivity contribution < 1.29 is 53.0 Å². The first-order valence-electron chi connectivity index (χ1n) is 20.1. The van der Waals surface area contributed by atoms with E-state index >= 15 is 0 Å². The van der Waals surface area contributed by atoms with Crippen LogP contribution in [0.5, 0.6) is 0 Å². The third-order valence-electron chi connectivity index (χ3n) is 9.59. The van der Waals surface area contributed by atoms with Crippen molar-refractivity contribution in [3.8, 4) is 0 Å². The molecule has 7 atom stereocenters. The number of carbonyl (C=O) groups excluding carboxylic acids is 7. The van der Waals surface area contributed by atoms with Gasteiger partial charge in [-0.2, -0.15) is 0 Å². The first kappa shape index (κ1) is 51.2. The maximum Gasteiger partial charge on any atom is 0.326 e. The van der Waals surface area contributed by atoms with Gasteiger partial charge in [0.1, 0.15) is 48.1 Å². The van der Waals surface area contributed by atoms with Crippen molar-refractivity contribution in [2.75, 3.05) is 19.7 Å². The monoisotopic (exact) mass is 863 g/mol. The van der Waals surface area contributed by atoms with E-state index in [1.165, 1.54) is 18.2 Å². The normalized spacial score (nSPS) is 16.6. The average Bonchev–Trinajstić information content (AvgIpc) is 3.67. The van der Waals surface area contributed by atoms with Crippen molar-refractivity contribution in [1.82, 2.24) is 31.5 Å². The summed E-state index contributed by atoms with van der Waals surface area (Å²) in [7, 11) is 0. The molecule has 1 fully saturated rings. The summed E-state index contributed by atoms with van der Waals surface area (Å²) in [5.74, 6) is -8.52. The molecule has 0 aromatic heterocycles. The maximum atomic E-state index is 14.0. The fourth-order valence-electron chi connectivity index (χ4n) is 6.63. The van der Waals surface area contributed by atoms with Gasteiger partial charge in [-0.3, -0.25) is 38.6 Å². The van der Waals surface area contributed by atoms with Gasteiger partial charge in [0.15, 0.2) is 5.96 Å². The van der Waals surface area contributed by atoms with Crippen molar-refractivity contribution in [2.24, 2.45) is 39.8 Å². The van der Waals surface area contributed by atoms with Gasteiger partial charge in [-0.25, -0.2) is 9.18 Å². The highest BCUT2D eigenvalue weighted by molar-refractivity contribution is 5.98. The Hall–Kier alpha value is -5.90. The number of aliphatic imine (C=N–C) groups is 1. The van der Waals surface area contributed by atoms with Gasteiger partial charge in [-0.15, -0.1) is 0 Å². The largest absolute Gasteiger partial charge is 0.480 e. The number of aliphatic hydroxyl groups excluding tert-OH is 1. The second-order valence-corrected chi connectivity index (χ2v) is 15.8. The van der Waals surface area contributed by atoms with Crippen molar-refractivity contribution in [1.29, 1.82) is 0 Å². The molecule has 1 aromatic carbocycles. The molecule has 1 heterocycles. The van der Waals surface area contributed by atoms with Crippen LogP contribution in [0.2, 0.25) is 0 Å². The molecule has 0 aliphatic carbocycles. The highest BCUT2D eigenvalue weighted by atomic mass is 19.1. The smallest absolute Gasteiger partial charge is 0.326 e. The standard InChI is InChI=1S/C39H62FN11O10/c1-20(2)14-26(48-35(57)27(15-21(3)4)49-36(58)28(47-32(54)24(41)19-52)17-22-8-5-9-23(40)16-22)34(56)46-25(10-6-12-45-39(43)44)33(55)50-29(18-31(42)53)37(59)51-13-7-11-30(51)38(60)61/h5,8-9,16,20-21,24-30,52H,6-7,10-15,17-19,41H2,1-4H3,(H2,42,53)(H,46,56)(H,47,54)(H,48,57)(H,49,58)(H,50,55)(H,60,61)(H4,43,44,45)/t24-,25-,26-,27-,28-,29-,30-/m0/s1. The molecule has 15 N–H and O–H groups in total. The summed E-state index contributed by atoms with van der Waals surface area (Å²) in [6.45, 7) is 6.49. The van der Waals surface area contributed by atoms with E-state index in [9.17, 15) is 53.0 Å². The minimum absolute atomic E-state index is 0.0367. The molecule has 0 spiro atoms. The number of halogens is 1. The zero-order valence-electron chi connectivity index (χ0n) is 35.0. The van der Waals surface area contributed by atoms with E-state index in [-0.39, 0.29) is 69.4 Å². The van der Waals surface area contributed by atoms with Crippen LogP contribution in [-0.4, -0.2) is 130 Å². The summed E-state index contributed by atoms with van der Waals surface area (Å²) in [6.07, 6.45) is -0.185. The number of guanidine groups is 1. The third kappa shape index (κ3) is 17.7. The predicted molar refractivity (Wildman–Crippen MR) is 220 cm³/mol. The van der Waals surface area contributed by atoms with Crippen LogP contribution < -0.4 is 49.5 Å². The molecular weight excluding hydrogens is 801 g/mol. The number of nitrogens with two attached hydrogens (primary N) is 4. The highest BCUT2D eigenvalue weighted by Crippen LogP contribution is 2.20. The van der Waals surface area contributed by atoms with E-state index in [0.29, 0.717) is 12.0 Å². The number of rotatable bonds is 25. The molecule has 340 valence electrons. The van der Waals surface area contributed by atoms with Crippen molar-refractivity contribution in [2.45, 2.75) is 121 Å². The van der Waals surface area contributed by atoms with Crippen LogP contribution in [0.15, 0.2) is 29.3 Å². The van der Waals surface area contributed by atoms with E-state index in [1.807, 2.05) is 0 Å². The number of amides is 7. The fourth-order valence-corrected chi connectivity index (χ4v) is 6.63. The second kappa shape index (κ2) is 25.0. The van der Waals surface area contributed by atoms with E-state index < -0.39 is 108 Å². The lowest BCUT2D eigenvalue weighted by Gasteiger charge is -2.29. The lowest BCUT2D eigenvalue weighted by molar-refractivity contribution is -0.149. The number of primary amides is 1. The lowest BCUT2D eigenvalue weighted by Crippen LogP contribution is -2.60. The average molecular weight is 864 g/mol. The summed E-state index contributed by atoms with van der Waals surface area (Å²) >= 11 is 0. The molecule has 1 saturated heterocycles. The maximum absolute atomic E-state index is 14.0. The summed E-state index contributed by atoms with van der Waals surface area (Å²) in [4.78, 5) is 111. The number of nitrogens with zero attached hydrogens (tertiary/aromatic N) is 2. The summed E-state index contributed by atoms with van der Waals surface area (Å²) in [5.41, 5.74) is 22.3. The molecule has 0 saturated carbocycles. The summed E-state index contributed by atoms with van der Waals surface area (Å²) < 4.78 is 14.0. The first-order valence-corrected chi connectivity index (χ1v) is 20.1. The number of aliphatic carboxylic acids is 1. The van der Waals surface area contributed by atoms with Gasteiger partial charge in [0.25, 0.3) is 0 Å². The number of aliphatic hydroxyl groups is 1. The number of hydrogen-bond acceptors (Lipinski definition) is 11. The van der Waals surface area contributed by atoms with E-state index in [2.05, 4.69) is 31.6 Å². The molecule has 1 aliphatic heterocycles. The van der Waals surface area contributed by atoms with Crippen molar-refractivity contribution >= 4 is 53.3 Å². The van der Waals surface area contributed by atoms with Crippen LogP contribution in [0.3, 0.4) is 0 Å². The Balaban J connectivity index is 2.40. The van der Waals surface area contributed by atoms with Gasteiger partial charge < -0.3 is 64.6 Å². The Morgan fingerprint density at radius 3 is 1.84 bits per heavy atom. The molecule has 1 aliphatic rings.